The van der Waals surface area contributed by atoms with Crippen LogP contribution in [0.25, 0.3) is 0 Å². The molecule has 2 saturated carbocycles. The Kier molecular flexibility index (Phi) is 9.36. The fraction of sp³-hybridized carbons (Fsp3) is 0.938. The Bertz CT molecular complexity index is 319. The van der Waals surface area contributed by atoms with Crippen molar-refractivity contribution in [3.05, 3.63) is 0 Å². The Hall–Kier alpha value is -0.203. The lowest BCUT2D eigenvalue weighted by Gasteiger charge is -2.27. The van der Waals surface area contributed by atoms with Crippen LogP contribution in [-0.2, 0) is 3.87 Å². The molecule has 0 saturated heterocycles. The fourth-order valence-electron chi connectivity index (χ4n) is 3.39. The van der Waals surface area contributed by atoms with Crippen molar-refractivity contribution in [3.63, 3.8) is 0 Å². The summed E-state index contributed by atoms with van der Waals surface area (Å²) in [6.45, 7) is 0.989. The number of rotatable bonds is 7. The second kappa shape index (κ2) is 11.4. The van der Waals surface area contributed by atoms with Gasteiger partial charge in [0.15, 0.2) is 16.4 Å². The Morgan fingerprint density at radius 3 is 2.41 bits per heavy atom. The van der Waals surface area contributed by atoms with Crippen molar-refractivity contribution >= 4 is 28.5 Å². The molecule has 2 N–H and O–H groups in total. The van der Waals surface area contributed by atoms with Crippen molar-refractivity contribution in [1.29, 1.82) is 0 Å². The van der Waals surface area contributed by atoms with Gasteiger partial charge in [0.2, 0.25) is 0 Å². The van der Waals surface area contributed by atoms with Crippen LogP contribution in [0.2, 0.25) is 0 Å². The highest BCUT2D eigenvalue weighted by Crippen LogP contribution is 2.21. The van der Waals surface area contributed by atoms with Gasteiger partial charge in [0.1, 0.15) is 0 Å². The number of guanidine groups is 1. The van der Waals surface area contributed by atoms with Gasteiger partial charge < -0.3 is 14.5 Å². The van der Waals surface area contributed by atoms with Crippen molar-refractivity contribution in [1.82, 2.24) is 10.6 Å². The molecular formula is C16H33N3OSSi. The molecular weight excluding hydrogens is 310 g/mol. The lowest BCUT2D eigenvalue weighted by molar-refractivity contribution is 0.404. The van der Waals surface area contributed by atoms with Crippen LogP contribution in [0.15, 0.2) is 4.99 Å². The first-order valence-corrected chi connectivity index (χ1v) is 10.8. The lowest BCUT2D eigenvalue weighted by Crippen LogP contribution is -2.45. The van der Waals surface area contributed by atoms with E-state index in [1.807, 2.05) is 0 Å². The normalized spacial score (nSPS) is 21.9. The highest BCUT2D eigenvalue weighted by molar-refractivity contribution is 7.95. The molecule has 0 unspecified atom stereocenters. The quantitative estimate of drug-likeness (QED) is 0.245. The van der Waals surface area contributed by atoms with E-state index in [1.165, 1.54) is 64.2 Å². The van der Waals surface area contributed by atoms with Gasteiger partial charge in [-0.1, -0.05) is 38.5 Å². The molecule has 4 nitrogen and oxygen atoms in total. The average molecular weight is 344 g/mol. The van der Waals surface area contributed by atoms with Crippen molar-refractivity contribution < 1.29 is 3.87 Å². The number of nitrogens with one attached hydrogen (secondary N) is 2. The van der Waals surface area contributed by atoms with Crippen LogP contribution in [-0.4, -0.2) is 40.8 Å². The zero-order valence-electron chi connectivity index (χ0n) is 14.1. The summed E-state index contributed by atoms with van der Waals surface area (Å²) in [7, 11) is 0.821. The molecule has 2 rings (SSSR count). The summed E-state index contributed by atoms with van der Waals surface area (Å²) >= 11 is 1.59. The first kappa shape index (κ1) is 18.1. The molecule has 2 fully saturated rings. The Morgan fingerprint density at radius 2 is 1.73 bits per heavy atom. The number of hydrogen-bond donors (Lipinski definition) is 2. The number of aliphatic imine (C=N–C) groups is 1. The Balaban J connectivity index is 1.80. The SMILES string of the molecule is [SiH3]OSCCCN/C(=N\C1CCCCC1)NC1CCCCC1. The molecule has 6 heteroatoms. The third kappa shape index (κ3) is 7.37. The van der Waals surface area contributed by atoms with Crippen LogP contribution < -0.4 is 10.6 Å². The molecule has 0 amide bonds. The molecule has 22 heavy (non-hydrogen) atoms. The smallest absolute Gasteiger partial charge is 0.191 e. The van der Waals surface area contributed by atoms with Crippen LogP contribution >= 0.6 is 12.0 Å². The van der Waals surface area contributed by atoms with E-state index >= 15 is 0 Å². The van der Waals surface area contributed by atoms with E-state index < -0.39 is 0 Å². The molecule has 0 radical (unpaired) electrons. The molecule has 0 aliphatic heterocycles. The van der Waals surface area contributed by atoms with E-state index in [2.05, 4.69) is 10.6 Å². The molecule has 0 atom stereocenters. The Labute approximate surface area is 143 Å². The molecule has 128 valence electrons. The van der Waals surface area contributed by atoms with Gasteiger partial charge in [0.05, 0.1) is 6.04 Å². The van der Waals surface area contributed by atoms with E-state index in [0.29, 0.717) is 12.1 Å². The summed E-state index contributed by atoms with van der Waals surface area (Å²) < 4.78 is 5.17. The predicted molar refractivity (Wildman–Crippen MR) is 100 cm³/mol. The minimum absolute atomic E-state index is 0.534. The maximum Gasteiger partial charge on any atom is 0.191 e. The van der Waals surface area contributed by atoms with Gasteiger partial charge in [-0.05, 0) is 44.1 Å². The molecule has 2 aliphatic carbocycles. The van der Waals surface area contributed by atoms with Crippen LogP contribution in [0.1, 0.15) is 70.6 Å². The fourth-order valence-corrected chi connectivity index (χ4v) is 4.32. The topological polar surface area (TPSA) is 45.6 Å². The second-order valence-corrected chi connectivity index (χ2v) is 8.50. The second-order valence-electron chi connectivity index (χ2n) is 6.52. The van der Waals surface area contributed by atoms with E-state index in [4.69, 9.17) is 8.86 Å². The average Bonchev–Trinajstić information content (AvgIpc) is 2.56. The highest BCUT2D eigenvalue weighted by Gasteiger charge is 2.17. The minimum atomic E-state index is 0.534. The maximum atomic E-state index is 5.17. The first-order chi connectivity index (χ1) is 10.9. The molecule has 0 bridgehead atoms. The van der Waals surface area contributed by atoms with Crippen molar-refractivity contribution in [2.24, 2.45) is 4.99 Å². The van der Waals surface area contributed by atoms with E-state index in [1.54, 1.807) is 12.0 Å². The summed E-state index contributed by atoms with van der Waals surface area (Å²) in [5.41, 5.74) is 0. The third-order valence-corrected chi connectivity index (χ3v) is 6.05. The van der Waals surface area contributed by atoms with Gasteiger partial charge in [0, 0.05) is 18.3 Å². The highest BCUT2D eigenvalue weighted by atomic mass is 32.2. The van der Waals surface area contributed by atoms with Gasteiger partial charge in [-0.15, -0.1) is 0 Å². The maximum absolute atomic E-state index is 5.17. The van der Waals surface area contributed by atoms with Crippen LogP contribution in [0, 0.1) is 0 Å². The summed E-state index contributed by atoms with van der Waals surface area (Å²) in [4.78, 5) is 5.01. The largest absolute Gasteiger partial charge is 0.369 e. The molecule has 2 aliphatic rings. The molecule has 0 aromatic rings. The van der Waals surface area contributed by atoms with Crippen molar-refractivity contribution in [2.75, 3.05) is 12.3 Å². The van der Waals surface area contributed by atoms with Gasteiger partial charge in [-0.25, -0.2) is 4.99 Å². The summed E-state index contributed by atoms with van der Waals surface area (Å²) in [6, 6.07) is 1.16. The number of nitrogens with zero attached hydrogens (tertiary/aromatic N) is 1. The van der Waals surface area contributed by atoms with Crippen molar-refractivity contribution in [2.45, 2.75) is 82.7 Å². The Morgan fingerprint density at radius 1 is 1.05 bits per heavy atom. The summed E-state index contributed by atoms with van der Waals surface area (Å²) in [5.74, 6) is 2.13. The minimum Gasteiger partial charge on any atom is -0.369 e. The van der Waals surface area contributed by atoms with E-state index in [-0.39, 0.29) is 0 Å². The van der Waals surface area contributed by atoms with Crippen LogP contribution in [0.5, 0.6) is 0 Å². The van der Waals surface area contributed by atoms with Crippen molar-refractivity contribution in [3.8, 4) is 0 Å². The summed E-state index contributed by atoms with van der Waals surface area (Å²) in [5, 5.41) is 7.26. The van der Waals surface area contributed by atoms with Gasteiger partial charge in [-0.3, -0.25) is 0 Å². The zero-order chi connectivity index (χ0) is 15.5. The zero-order valence-corrected chi connectivity index (χ0v) is 16.9. The monoisotopic (exact) mass is 343 g/mol. The van der Waals surface area contributed by atoms with Gasteiger partial charge in [0.25, 0.3) is 0 Å². The molecule has 0 aromatic carbocycles. The molecule has 0 spiro atoms. The summed E-state index contributed by atoms with van der Waals surface area (Å²) in [6.07, 6.45) is 14.5. The standard InChI is InChI=1S/C16H33N3OSSi/c22-20-21-13-7-12-17-16(18-14-8-3-1-4-9-14)19-15-10-5-2-6-11-15/h14-15H,1-13H2,22H3,(H2,17,18,19). The van der Waals surface area contributed by atoms with E-state index in [0.717, 1.165) is 35.2 Å². The lowest BCUT2D eigenvalue weighted by atomic mass is 9.95. The number of hydrogen-bond acceptors (Lipinski definition) is 3. The molecule has 0 aromatic heterocycles. The van der Waals surface area contributed by atoms with Gasteiger partial charge >= 0.3 is 0 Å². The predicted octanol–water partition coefficient (Wildman–Crippen LogP) is 2.52. The van der Waals surface area contributed by atoms with Crippen LogP contribution in [0.3, 0.4) is 0 Å². The molecule has 0 heterocycles. The van der Waals surface area contributed by atoms with Gasteiger partial charge in [-0.2, -0.15) is 0 Å². The third-order valence-electron chi connectivity index (χ3n) is 4.65. The van der Waals surface area contributed by atoms with E-state index in [9.17, 15) is 0 Å². The first-order valence-electron chi connectivity index (χ1n) is 9.12. The van der Waals surface area contributed by atoms with Crippen LogP contribution in [0.4, 0.5) is 0 Å².